The van der Waals surface area contributed by atoms with Gasteiger partial charge in [-0.3, -0.25) is 9.48 Å². The van der Waals surface area contributed by atoms with Gasteiger partial charge in [-0.05, 0) is 25.0 Å². The second-order valence-corrected chi connectivity index (χ2v) is 7.10. The molecule has 29 heavy (non-hydrogen) atoms. The fourth-order valence-corrected chi connectivity index (χ4v) is 3.47. The Labute approximate surface area is 168 Å². The highest BCUT2D eigenvalue weighted by Crippen LogP contribution is 2.31. The third-order valence-corrected chi connectivity index (χ3v) is 5.00. The summed E-state index contributed by atoms with van der Waals surface area (Å²) in [6.07, 6.45) is 4.19. The first-order valence-corrected chi connectivity index (χ1v) is 9.28. The molecule has 1 aromatic carbocycles. The molecule has 0 saturated heterocycles. The van der Waals surface area contributed by atoms with Crippen LogP contribution in [0, 0.1) is 18.3 Å². The number of nitrogens with one attached hydrogen (secondary N) is 2. The number of rotatable bonds is 4. The van der Waals surface area contributed by atoms with Crippen LogP contribution in [-0.2, 0) is 13.5 Å². The van der Waals surface area contributed by atoms with Gasteiger partial charge in [0.05, 0.1) is 33.9 Å². The number of hydrogen-bond acceptors (Lipinski definition) is 6. The van der Waals surface area contributed by atoms with E-state index in [1.165, 1.54) is 6.20 Å². The zero-order chi connectivity index (χ0) is 20.5. The smallest absolute Gasteiger partial charge is 0.255 e. The van der Waals surface area contributed by atoms with Gasteiger partial charge in [-0.2, -0.15) is 10.4 Å². The van der Waals surface area contributed by atoms with Crippen LogP contribution in [0.4, 0.5) is 22.9 Å². The van der Waals surface area contributed by atoms with Crippen molar-refractivity contribution in [3.05, 3.63) is 59.0 Å². The van der Waals surface area contributed by atoms with E-state index in [1.54, 1.807) is 22.7 Å². The molecule has 0 aliphatic carbocycles. The van der Waals surface area contributed by atoms with Crippen molar-refractivity contribution >= 4 is 28.8 Å². The lowest BCUT2D eigenvalue weighted by atomic mass is 9.97. The van der Waals surface area contributed by atoms with Crippen molar-refractivity contribution in [3.63, 3.8) is 0 Å². The first-order chi connectivity index (χ1) is 14.0. The maximum Gasteiger partial charge on any atom is 0.255 e. The lowest BCUT2D eigenvalue weighted by molar-refractivity contribution is 0.0782. The van der Waals surface area contributed by atoms with Crippen LogP contribution in [0.15, 0.2) is 36.7 Å². The molecule has 1 amide bonds. The number of likely N-dealkylation sites (N-methyl/N-ethyl adjacent to an activating group) is 1. The molecular formula is C21H21N7O. The van der Waals surface area contributed by atoms with Gasteiger partial charge in [0.15, 0.2) is 0 Å². The molecule has 2 aromatic heterocycles. The Kier molecular flexibility index (Phi) is 4.64. The van der Waals surface area contributed by atoms with Crippen molar-refractivity contribution in [2.75, 3.05) is 24.2 Å². The summed E-state index contributed by atoms with van der Waals surface area (Å²) in [4.78, 5) is 18.8. The molecule has 0 spiro atoms. The molecule has 2 N–H and O–H groups in total. The SMILES string of the molecule is Cc1nn(C)cc1Nc1cc(Nc2cccc3c2C(=O)N(C)CC3)c(C#N)cn1. The highest BCUT2D eigenvalue weighted by Gasteiger charge is 2.24. The van der Waals surface area contributed by atoms with Crippen LogP contribution in [0.25, 0.3) is 0 Å². The van der Waals surface area contributed by atoms with Crippen molar-refractivity contribution in [3.8, 4) is 6.07 Å². The number of nitriles is 1. The molecule has 0 atom stereocenters. The molecule has 3 aromatic rings. The number of carbonyl (C=O) groups excluding carboxylic acids is 1. The van der Waals surface area contributed by atoms with Crippen molar-refractivity contribution in [2.45, 2.75) is 13.3 Å². The minimum absolute atomic E-state index is 0.0220. The van der Waals surface area contributed by atoms with E-state index in [9.17, 15) is 10.1 Å². The third kappa shape index (κ3) is 3.50. The van der Waals surface area contributed by atoms with E-state index in [-0.39, 0.29) is 5.91 Å². The molecule has 8 heteroatoms. The predicted octanol–water partition coefficient (Wildman–Crippen LogP) is 3.11. The van der Waals surface area contributed by atoms with Crippen molar-refractivity contribution in [1.82, 2.24) is 19.7 Å². The number of aromatic nitrogens is 3. The third-order valence-electron chi connectivity index (χ3n) is 5.00. The highest BCUT2D eigenvalue weighted by molar-refractivity contribution is 6.02. The van der Waals surface area contributed by atoms with E-state index in [0.29, 0.717) is 34.9 Å². The summed E-state index contributed by atoms with van der Waals surface area (Å²) in [5.41, 5.74) is 5.01. The Morgan fingerprint density at radius 2 is 2.00 bits per heavy atom. The van der Waals surface area contributed by atoms with E-state index >= 15 is 0 Å². The van der Waals surface area contributed by atoms with Crippen LogP contribution in [0.3, 0.4) is 0 Å². The van der Waals surface area contributed by atoms with Crippen molar-refractivity contribution in [1.29, 1.82) is 5.26 Å². The van der Waals surface area contributed by atoms with Crippen LogP contribution >= 0.6 is 0 Å². The Morgan fingerprint density at radius 3 is 2.72 bits per heavy atom. The lowest BCUT2D eigenvalue weighted by Gasteiger charge is -2.27. The molecule has 0 bridgehead atoms. The van der Waals surface area contributed by atoms with Crippen LogP contribution in [0.1, 0.15) is 27.2 Å². The quantitative estimate of drug-likeness (QED) is 0.714. The van der Waals surface area contributed by atoms with Gasteiger partial charge in [-0.1, -0.05) is 12.1 Å². The summed E-state index contributed by atoms with van der Waals surface area (Å²) >= 11 is 0. The minimum atomic E-state index is -0.0220. The first-order valence-electron chi connectivity index (χ1n) is 9.28. The summed E-state index contributed by atoms with van der Waals surface area (Å²) < 4.78 is 1.72. The molecule has 0 saturated carbocycles. The predicted molar refractivity (Wildman–Crippen MR) is 111 cm³/mol. The normalized spacial score (nSPS) is 13.0. The molecule has 0 unspecified atom stereocenters. The zero-order valence-corrected chi connectivity index (χ0v) is 16.5. The summed E-state index contributed by atoms with van der Waals surface area (Å²) in [6, 6.07) is 9.68. The van der Waals surface area contributed by atoms with Gasteiger partial charge in [-0.15, -0.1) is 0 Å². The molecular weight excluding hydrogens is 366 g/mol. The molecule has 0 fully saturated rings. The fraction of sp³-hybridized carbons (Fsp3) is 0.238. The fourth-order valence-electron chi connectivity index (χ4n) is 3.47. The number of nitrogens with zero attached hydrogens (tertiary/aromatic N) is 5. The summed E-state index contributed by atoms with van der Waals surface area (Å²) in [5, 5.41) is 20.3. The molecule has 0 radical (unpaired) electrons. The second kappa shape index (κ2) is 7.28. The number of hydrogen-bond donors (Lipinski definition) is 2. The number of pyridine rings is 1. The van der Waals surface area contributed by atoms with E-state index in [2.05, 4.69) is 26.8 Å². The zero-order valence-electron chi connectivity index (χ0n) is 16.5. The van der Waals surface area contributed by atoms with E-state index < -0.39 is 0 Å². The molecule has 8 nitrogen and oxygen atoms in total. The molecule has 1 aliphatic heterocycles. The van der Waals surface area contributed by atoms with Gasteiger partial charge >= 0.3 is 0 Å². The first kappa shape index (κ1) is 18.5. The lowest BCUT2D eigenvalue weighted by Crippen LogP contribution is -2.34. The Bertz CT molecular complexity index is 1140. The minimum Gasteiger partial charge on any atom is -0.354 e. The number of fused-ring (bicyclic) bond motifs is 1. The molecule has 146 valence electrons. The number of aryl methyl sites for hydroxylation is 2. The average molecular weight is 387 g/mol. The van der Waals surface area contributed by atoms with Gasteiger partial charge in [0, 0.05) is 39.1 Å². The Hall–Kier alpha value is -3.86. The number of amides is 1. The molecule has 3 heterocycles. The number of anilines is 4. The number of benzene rings is 1. The summed E-state index contributed by atoms with van der Waals surface area (Å²) in [7, 11) is 3.65. The topological polar surface area (TPSA) is 98.9 Å². The van der Waals surface area contributed by atoms with Gasteiger partial charge in [-0.25, -0.2) is 4.98 Å². The molecule has 4 rings (SSSR count). The van der Waals surface area contributed by atoms with Crippen molar-refractivity contribution in [2.24, 2.45) is 7.05 Å². The van der Waals surface area contributed by atoms with Crippen LogP contribution < -0.4 is 10.6 Å². The average Bonchev–Trinajstić information content (AvgIpc) is 3.02. The standard InChI is InChI=1S/C21H21N7O/c1-13-18(12-28(3)26-13)25-19-9-17(15(10-22)11-23-19)24-16-6-4-5-14-7-8-27(2)21(29)20(14)16/h4-6,9,11-12H,7-8H2,1-3H3,(H2,23,24,25). The Morgan fingerprint density at radius 1 is 1.17 bits per heavy atom. The monoisotopic (exact) mass is 387 g/mol. The van der Waals surface area contributed by atoms with Gasteiger partial charge in [0.25, 0.3) is 5.91 Å². The van der Waals surface area contributed by atoms with Crippen LogP contribution in [0.2, 0.25) is 0 Å². The largest absolute Gasteiger partial charge is 0.354 e. The van der Waals surface area contributed by atoms with E-state index in [4.69, 9.17) is 0 Å². The maximum absolute atomic E-state index is 12.7. The highest BCUT2D eigenvalue weighted by atomic mass is 16.2. The summed E-state index contributed by atoms with van der Waals surface area (Å²) in [6.45, 7) is 2.61. The number of carbonyl (C=O) groups is 1. The van der Waals surface area contributed by atoms with Crippen LogP contribution in [-0.4, -0.2) is 39.2 Å². The summed E-state index contributed by atoms with van der Waals surface area (Å²) in [5.74, 6) is 0.557. The second-order valence-electron chi connectivity index (χ2n) is 7.10. The molecule has 1 aliphatic rings. The van der Waals surface area contributed by atoms with Crippen molar-refractivity contribution < 1.29 is 4.79 Å². The van der Waals surface area contributed by atoms with Crippen LogP contribution in [0.5, 0.6) is 0 Å². The van der Waals surface area contributed by atoms with E-state index in [0.717, 1.165) is 23.4 Å². The van der Waals surface area contributed by atoms with Gasteiger partial charge in [0.2, 0.25) is 0 Å². The van der Waals surface area contributed by atoms with Gasteiger partial charge in [0.1, 0.15) is 11.9 Å². The maximum atomic E-state index is 12.7. The van der Waals surface area contributed by atoms with Gasteiger partial charge < -0.3 is 15.5 Å². The Balaban J connectivity index is 1.70. The van der Waals surface area contributed by atoms with E-state index in [1.807, 2.05) is 38.4 Å².